The van der Waals surface area contributed by atoms with Gasteiger partial charge >= 0.3 is 0 Å². The van der Waals surface area contributed by atoms with Crippen LogP contribution in [0.2, 0.25) is 0 Å². The Morgan fingerprint density at radius 1 is 1.20 bits per heavy atom. The highest BCUT2D eigenvalue weighted by molar-refractivity contribution is 5.67. The van der Waals surface area contributed by atoms with Crippen LogP contribution in [-0.4, -0.2) is 31.3 Å². The number of pyridine rings is 1. The van der Waals surface area contributed by atoms with E-state index in [1.165, 1.54) is 11.1 Å². The molecule has 104 valence electrons. The second-order valence-corrected chi connectivity index (χ2v) is 6.38. The summed E-state index contributed by atoms with van der Waals surface area (Å²) >= 11 is 0. The van der Waals surface area contributed by atoms with E-state index in [-0.39, 0.29) is 10.8 Å². The molecule has 0 bridgehead atoms. The third-order valence-corrected chi connectivity index (χ3v) is 5.17. The second kappa shape index (κ2) is 3.95. The molecule has 1 saturated carbocycles. The average molecular weight is 268 g/mol. The summed E-state index contributed by atoms with van der Waals surface area (Å²) in [5.41, 5.74) is 3.21. The molecule has 20 heavy (non-hydrogen) atoms. The minimum absolute atomic E-state index is 0.115. The first-order valence-corrected chi connectivity index (χ1v) is 7.36. The molecular formula is C17H20N2O. The van der Waals surface area contributed by atoms with E-state index >= 15 is 0 Å². The summed E-state index contributed by atoms with van der Waals surface area (Å²) in [6.07, 6.45) is 8.82. The molecule has 0 amide bonds. The van der Waals surface area contributed by atoms with E-state index < -0.39 is 0 Å². The van der Waals surface area contributed by atoms with E-state index in [4.69, 9.17) is 9.72 Å². The summed E-state index contributed by atoms with van der Waals surface area (Å²) in [5, 5.41) is 0. The standard InChI is InChI=1S/C17H20N2O/c1-16(2)14-4-3-7-17(14,16)13-5-6-15(18-12-13)19-8-10-20-11-9-19/h3-7,12H,8-11H2,1-2H3. The molecule has 2 fully saturated rings. The van der Waals surface area contributed by atoms with Crippen molar-refractivity contribution in [1.29, 1.82) is 0 Å². The quantitative estimate of drug-likeness (QED) is 0.824. The Kier molecular flexibility index (Phi) is 2.40. The summed E-state index contributed by atoms with van der Waals surface area (Å²) in [6.45, 7) is 8.12. The van der Waals surface area contributed by atoms with Crippen LogP contribution < -0.4 is 4.90 Å². The van der Waals surface area contributed by atoms with E-state index in [1.54, 1.807) is 0 Å². The molecule has 0 spiro atoms. The lowest BCUT2D eigenvalue weighted by Crippen LogP contribution is -2.36. The summed E-state index contributed by atoms with van der Waals surface area (Å²) in [5.74, 6) is 1.07. The highest BCUT2D eigenvalue weighted by Gasteiger charge is 2.67. The van der Waals surface area contributed by atoms with Gasteiger partial charge in [0.15, 0.2) is 0 Å². The molecule has 1 aromatic heterocycles. The maximum absolute atomic E-state index is 5.39. The second-order valence-electron chi connectivity index (χ2n) is 6.38. The molecule has 0 aromatic carbocycles. The van der Waals surface area contributed by atoms with Crippen LogP contribution in [0.5, 0.6) is 0 Å². The van der Waals surface area contributed by atoms with Crippen LogP contribution >= 0.6 is 0 Å². The summed E-state index contributed by atoms with van der Waals surface area (Å²) < 4.78 is 5.39. The van der Waals surface area contributed by atoms with Crippen LogP contribution in [0.15, 0.2) is 42.1 Å². The van der Waals surface area contributed by atoms with Gasteiger partial charge < -0.3 is 9.64 Å². The number of aromatic nitrogens is 1. The molecule has 1 aliphatic heterocycles. The summed E-state index contributed by atoms with van der Waals surface area (Å²) in [6, 6.07) is 4.41. The van der Waals surface area contributed by atoms with E-state index in [0.29, 0.717) is 0 Å². The first kappa shape index (κ1) is 12.2. The number of morpholine rings is 1. The molecule has 4 rings (SSSR count). The Morgan fingerprint density at radius 3 is 2.60 bits per heavy atom. The fourth-order valence-corrected chi connectivity index (χ4v) is 3.86. The summed E-state index contributed by atoms with van der Waals surface area (Å²) in [7, 11) is 0. The Bertz CT molecular complexity index is 594. The Labute approximate surface area is 120 Å². The third kappa shape index (κ3) is 1.41. The molecule has 1 unspecified atom stereocenters. The van der Waals surface area contributed by atoms with Gasteiger partial charge in [-0.25, -0.2) is 4.98 Å². The van der Waals surface area contributed by atoms with Crippen LogP contribution in [0, 0.1) is 5.41 Å². The van der Waals surface area contributed by atoms with Crippen molar-refractivity contribution in [3.8, 4) is 0 Å². The third-order valence-electron chi connectivity index (χ3n) is 5.17. The number of hydrogen-bond acceptors (Lipinski definition) is 3. The predicted octanol–water partition coefficient (Wildman–Crippen LogP) is 2.69. The van der Waals surface area contributed by atoms with Gasteiger partial charge in [0.1, 0.15) is 5.82 Å². The average Bonchev–Trinajstić information content (AvgIpc) is 2.84. The first-order valence-electron chi connectivity index (χ1n) is 7.36. The number of anilines is 1. The van der Waals surface area contributed by atoms with Gasteiger partial charge in [0, 0.05) is 30.1 Å². The van der Waals surface area contributed by atoms with Crippen LogP contribution in [0.4, 0.5) is 5.82 Å². The molecule has 3 heteroatoms. The zero-order valence-corrected chi connectivity index (χ0v) is 12.1. The monoisotopic (exact) mass is 268 g/mol. The largest absolute Gasteiger partial charge is 0.378 e. The number of ether oxygens (including phenoxy) is 1. The van der Waals surface area contributed by atoms with Gasteiger partial charge in [-0.05, 0) is 17.2 Å². The van der Waals surface area contributed by atoms with Crippen molar-refractivity contribution in [2.45, 2.75) is 19.3 Å². The lowest BCUT2D eigenvalue weighted by Gasteiger charge is -2.28. The highest BCUT2D eigenvalue weighted by Crippen LogP contribution is 2.71. The zero-order chi connectivity index (χ0) is 13.8. The molecule has 3 aliphatic rings. The molecular weight excluding hydrogens is 248 g/mol. The number of nitrogens with zero attached hydrogens (tertiary/aromatic N) is 2. The lowest BCUT2D eigenvalue weighted by atomic mass is 9.89. The maximum atomic E-state index is 5.39. The summed E-state index contributed by atoms with van der Waals surface area (Å²) in [4.78, 5) is 6.99. The van der Waals surface area contributed by atoms with Crippen molar-refractivity contribution in [1.82, 2.24) is 4.98 Å². The molecule has 3 nitrogen and oxygen atoms in total. The van der Waals surface area contributed by atoms with Crippen molar-refractivity contribution in [3.05, 3.63) is 47.7 Å². The topological polar surface area (TPSA) is 25.4 Å². The van der Waals surface area contributed by atoms with Gasteiger partial charge in [0.2, 0.25) is 0 Å². The fraction of sp³-hybridized carbons (Fsp3) is 0.471. The minimum atomic E-state index is 0.115. The first-order chi connectivity index (χ1) is 9.66. The van der Waals surface area contributed by atoms with Crippen molar-refractivity contribution < 1.29 is 4.74 Å². The van der Waals surface area contributed by atoms with Crippen molar-refractivity contribution in [2.75, 3.05) is 31.2 Å². The predicted molar refractivity (Wildman–Crippen MR) is 80.0 cm³/mol. The van der Waals surface area contributed by atoms with E-state index in [1.807, 2.05) is 0 Å². The molecule has 0 radical (unpaired) electrons. The Morgan fingerprint density at radius 2 is 2.00 bits per heavy atom. The van der Waals surface area contributed by atoms with Gasteiger partial charge in [-0.1, -0.05) is 38.1 Å². The van der Waals surface area contributed by atoms with Gasteiger partial charge in [-0.3, -0.25) is 0 Å². The number of allylic oxidation sites excluding steroid dienone is 4. The minimum Gasteiger partial charge on any atom is -0.378 e. The van der Waals surface area contributed by atoms with Gasteiger partial charge in [-0.2, -0.15) is 0 Å². The Hall–Kier alpha value is -1.61. The van der Waals surface area contributed by atoms with Crippen molar-refractivity contribution in [2.24, 2.45) is 5.41 Å². The molecule has 2 aliphatic carbocycles. The molecule has 2 heterocycles. The smallest absolute Gasteiger partial charge is 0.128 e. The highest BCUT2D eigenvalue weighted by atomic mass is 16.5. The lowest BCUT2D eigenvalue weighted by molar-refractivity contribution is 0.122. The zero-order valence-electron chi connectivity index (χ0n) is 12.1. The van der Waals surface area contributed by atoms with Gasteiger partial charge in [0.05, 0.1) is 13.2 Å². The SMILES string of the molecule is CC1(C)C2=CC=CC21c1ccc(N2CCOCC2)nc1. The van der Waals surface area contributed by atoms with Crippen molar-refractivity contribution in [3.63, 3.8) is 0 Å². The number of hydrogen-bond donors (Lipinski definition) is 0. The van der Waals surface area contributed by atoms with Crippen molar-refractivity contribution >= 4 is 5.82 Å². The Balaban J connectivity index is 1.63. The molecule has 1 atom stereocenters. The maximum Gasteiger partial charge on any atom is 0.128 e. The fourth-order valence-electron chi connectivity index (χ4n) is 3.86. The van der Waals surface area contributed by atoms with Gasteiger partial charge in [-0.15, -0.1) is 0 Å². The number of rotatable bonds is 2. The van der Waals surface area contributed by atoms with Crippen LogP contribution in [-0.2, 0) is 10.2 Å². The van der Waals surface area contributed by atoms with E-state index in [0.717, 1.165) is 32.1 Å². The normalized spacial score (nSPS) is 30.1. The van der Waals surface area contributed by atoms with E-state index in [2.05, 4.69) is 55.3 Å². The van der Waals surface area contributed by atoms with Crippen LogP contribution in [0.1, 0.15) is 19.4 Å². The molecule has 1 saturated heterocycles. The van der Waals surface area contributed by atoms with Crippen LogP contribution in [0.3, 0.4) is 0 Å². The van der Waals surface area contributed by atoms with Crippen LogP contribution in [0.25, 0.3) is 0 Å². The van der Waals surface area contributed by atoms with Gasteiger partial charge in [0.25, 0.3) is 0 Å². The molecule has 0 N–H and O–H groups in total. The molecule has 1 aromatic rings. The van der Waals surface area contributed by atoms with E-state index in [9.17, 15) is 0 Å². The number of fused-ring (bicyclic) bond motifs is 1.